The van der Waals surface area contributed by atoms with Crippen LogP contribution in [0.2, 0.25) is 5.02 Å². The Morgan fingerprint density at radius 3 is 2.30 bits per heavy atom. The van der Waals surface area contributed by atoms with E-state index in [1.807, 2.05) is 67.8 Å². The van der Waals surface area contributed by atoms with Gasteiger partial charge in [0, 0.05) is 22.2 Å². The molecule has 6 nitrogen and oxygen atoms in total. The first-order valence-corrected chi connectivity index (χ1v) is 10.2. The number of aryl methyl sites for hydroxylation is 1. The van der Waals surface area contributed by atoms with Gasteiger partial charge in [-0.25, -0.2) is 0 Å². The van der Waals surface area contributed by atoms with Crippen LogP contribution in [0.4, 0.5) is 0 Å². The lowest BCUT2D eigenvalue weighted by Gasteiger charge is -2.14. The van der Waals surface area contributed by atoms with Crippen molar-refractivity contribution < 1.29 is 9.53 Å². The molecule has 30 heavy (non-hydrogen) atoms. The Morgan fingerprint density at radius 1 is 1.07 bits per heavy atom. The van der Waals surface area contributed by atoms with Gasteiger partial charge in [-0.15, -0.1) is 10.2 Å². The van der Waals surface area contributed by atoms with Gasteiger partial charge >= 0.3 is 0 Å². The minimum Gasteiger partial charge on any atom is -0.497 e. The first-order valence-electron chi connectivity index (χ1n) is 9.78. The number of fused-ring (bicyclic) bond motifs is 3. The molecule has 0 amide bonds. The molecule has 0 spiro atoms. The molecule has 0 N–H and O–H groups in total. The Morgan fingerprint density at radius 2 is 1.70 bits per heavy atom. The van der Waals surface area contributed by atoms with Crippen molar-refractivity contribution in [1.82, 2.24) is 14.8 Å². The second-order valence-electron chi connectivity index (χ2n) is 6.46. The molecule has 7 heteroatoms. The van der Waals surface area contributed by atoms with Crippen LogP contribution in [0, 0.1) is 6.92 Å². The number of hydrogen-bond acceptors (Lipinski definition) is 5. The number of nitrogens with zero attached hydrogens (tertiary/aromatic N) is 4. The zero-order valence-electron chi connectivity index (χ0n) is 18.2. The summed E-state index contributed by atoms with van der Waals surface area (Å²) in [5, 5.41) is 9.15. The van der Waals surface area contributed by atoms with Crippen LogP contribution in [-0.2, 0) is 11.3 Å². The van der Waals surface area contributed by atoms with Crippen molar-refractivity contribution in [2.45, 2.75) is 41.2 Å². The summed E-state index contributed by atoms with van der Waals surface area (Å²) in [6.07, 6.45) is 0. The van der Waals surface area contributed by atoms with Crippen LogP contribution in [0.25, 0.3) is 5.69 Å². The molecular formula is C23H27ClN4O2. The number of methoxy groups -OCH3 is 1. The summed E-state index contributed by atoms with van der Waals surface area (Å²) in [7, 11) is 1.66. The Labute approximate surface area is 182 Å². The number of ether oxygens (including phenoxy) is 1. The van der Waals surface area contributed by atoms with Gasteiger partial charge in [-0.2, -0.15) is 0 Å². The lowest BCUT2D eigenvalue weighted by Crippen LogP contribution is -2.08. The van der Waals surface area contributed by atoms with Crippen molar-refractivity contribution in [3.05, 3.63) is 70.3 Å². The summed E-state index contributed by atoms with van der Waals surface area (Å²) in [5.41, 5.74) is 3.91. The molecule has 0 saturated heterocycles. The molecule has 1 aliphatic heterocycles. The van der Waals surface area contributed by atoms with Crippen LogP contribution in [-0.4, -0.2) is 33.4 Å². The lowest BCUT2D eigenvalue weighted by molar-refractivity contribution is -0.114. The lowest BCUT2D eigenvalue weighted by atomic mass is 10.00. The SMILES string of the molecule is CC.CC(C)=O.COc1ccc2c(c1)-n1c(C)nnc1CN=C2c1ccc(Cl)cc1. The molecule has 0 fully saturated rings. The van der Waals surface area contributed by atoms with E-state index in [2.05, 4.69) is 10.2 Å². The van der Waals surface area contributed by atoms with Gasteiger partial charge in [-0.1, -0.05) is 37.6 Å². The standard InChI is InChI=1S/C18H15ClN4O.C3H6O.C2H6/c1-11-21-22-17-10-20-18(12-3-5-13(19)6-4-12)15-8-7-14(24-2)9-16(15)23(11)17;1-3(2)4;1-2/h3-9H,10H2,1-2H3;1-2H3;1-2H3. The summed E-state index contributed by atoms with van der Waals surface area (Å²) in [4.78, 5) is 14.2. The first kappa shape index (κ1) is 23.3. The number of rotatable bonds is 2. The molecule has 0 bridgehead atoms. The highest BCUT2D eigenvalue weighted by Crippen LogP contribution is 2.29. The molecule has 0 radical (unpaired) electrons. The molecular weight excluding hydrogens is 400 g/mol. The third-order valence-corrected chi connectivity index (χ3v) is 4.34. The zero-order valence-corrected chi connectivity index (χ0v) is 19.0. The van der Waals surface area contributed by atoms with E-state index >= 15 is 0 Å². The van der Waals surface area contributed by atoms with Crippen molar-refractivity contribution in [2.75, 3.05) is 7.11 Å². The fourth-order valence-electron chi connectivity index (χ4n) is 2.94. The van der Waals surface area contributed by atoms with Crippen LogP contribution in [0.5, 0.6) is 5.75 Å². The maximum Gasteiger partial charge on any atom is 0.159 e. The normalized spacial score (nSPS) is 11.4. The van der Waals surface area contributed by atoms with Gasteiger partial charge in [-0.05, 0) is 45.0 Å². The van der Waals surface area contributed by atoms with Crippen molar-refractivity contribution in [3.8, 4) is 11.4 Å². The molecule has 0 unspecified atom stereocenters. The summed E-state index contributed by atoms with van der Waals surface area (Å²) in [5.74, 6) is 2.59. The molecule has 4 rings (SSSR count). The predicted octanol–water partition coefficient (Wildman–Crippen LogP) is 5.21. The highest BCUT2D eigenvalue weighted by molar-refractivity contribution is 6.30. The van der Waals surface area contributed by atoms with Crippen molar-refractivity contribution in [3.63, 3.8) is 0 Å². The average Bonchev–Trinajstić information content (AvgIpc) is 3.02. The Kier molecular flexibility index (Phi) is 8.30. The third kappa shape index (κ3) is 5.33. The van der Waals surface area contributed by atoms with Crippen LogP contribution >= 0.6 is 11.6 Å². The van der Waals surface area contributed by atoms with Crippen LogP contribution in [0.3, 0.4) is 0 Å². The van der Waals surface area contributed by atoms with Crippen molar-refractivity contribution in [2.24, 2.45) is 4.99 Å². The number of aliphatic imine (C=N–C) groups is 1. The van der Waals surface area contributed by atoms with E-state index in [1.54, 1.807) is 7.11 Å². The van der Waals surface area contributed by atoms with E-state index in [0.29, 0.717) is 11.6 Å². The van der Waals surface area contributed by atoms with Gasteiger partial charge in [-0.3, -0.25) is 9.56 Å². The minimum absolute atomic E-state index is 0.167. The highest BCUT2D eigenvalue weighted by Gasteiger charge is 2.22. The Balaban J connectivity index is 0.000000481. The molecule has 1 aromatic heterocycles. The summed E-state index contributed by atoms with van der Waals surface area (Å²) >= 11 is 6.02. The highest BCUT2D eigenvalue weighted by atomic mass is 35.5. The van der Waals surface area contributed by atoms with Crippen LogP contribution in [0.15, 0.2) is 47.5 Å². The van der Waals surface area contributed by atoms with Gasteiger partial charge < -0.3 is 9.53 Å². The Hall–Kier alpha value is -2.99. The maximum absolute atomic E-state index is 9.44. The fraction of sp³-hybridized carbons (Fsp3) is 0.304. The molecule has 0 atom stereocenters. The number of carbonyl (C=O) groups excluding carboxylic acids is 1. The molecule has 0 aliphatic carbocycles. The monoisotopic (exact) mass is 426 g/mol. The number of aromatic nitrogens is 3. The van der Waals surface area contributed by atoms with Crippen LogP contribution < -0.4 is 4.74 Å². The van der Waals surface area contributed by atoms with Gasteiger partial charge in [0.05, 0.1) is 18.5 Å². The predicted molar refractivity (Wildman–Crippen MR) is 121 cm³/mol. The summed E-state index contributed by atoms with van der Waals surface area (Å²) in [6, 6.07) is 13.7. The largest absolute Gasteiger partial charge is 0.497 e. The number of halogens is 1. The molecule has 2 aromatic carbocycles. The van der Waals surface area contributed by atoms with E-state index in [9.17, 15) is 4.79 Å². The number of Topliss-reactive ketones (excluding diaryl/α,β-unsaturated/α-hetero) is 1. The minimum atomic E-state index is 0.167. The topological polar surface area (TPSA) is 69.4 Å². The van der Waals surface area contributed by atoms with Gasteiger partial charge in [0.1, 0.15) is 23.9 Å². The molecule has 3 aromatic rings. The van der Waals surface area contributed by atoms with Gasteiger partial charge in [0.2, 0.25) is 0 Å². The van der Waals surface area contributed by atoms with E-state index in [1.165, 1.54) is 13.8 Å². The summed E-state index contributed by atoms with van der Waals surface area (Å²) < 4.78 is 7.43. The molecule has 1 aliphatic rings. The smallest absolute Gasteiger partial charge is 0.159 e. The second-order valence-corrected chi connectivity index (χ2v) is 6.90. The maximum atomic E-state index is 9.44. The van der Waals surface area contributed by atoms with E-state index in [-0.39, 0.29) is 5.78 Å². The van der Waals surface area contributed by atoms with Gasteiger partial charge in [0.25, 0.3) is 0 Å². The van der Waals surface area contributed by atoms with E-state index in [0.717, 1.165) is 39.9 Å². The third-order valence-electron chi connectivity index (χ3n) is 4.09. The summed E-state index contributed by atoms with van der Waals surface area (Å²) in [6.45, 7) is 9.46. The second kappa shape index (κ2) is 10.7. The van der Waals surface area contributed by atoms with Gasteiger partial charge in [0.15, 0.2) is 5.82 Å². The van der Waals surface area contributed by atoms with E-state index < -0.39 is 0 Å². The Bertz CT molecular complexity index is 1040. The number of hydrogen-bond donors (Lipinski definition) is 0. The van der Waals surface area contributed by atoms with E-state index in [4.69, 9.17) is 21.3 Å². The number of ketones is 1. The molecule has 0 saturated carbocycles. The average molecular weight is 427 g/mol. The number of benzene rings is 2. The molecule has 2 heterocycles. The molecule has 158 valence electrons. The number of carbonyl (C=O) groups is 1. The fourth-order valence-corrected chi connectivity index (χ4v) is 3.06. The van der Waals surface area contributed by atoms with Crippen LogP contribution in [0.1, 0.15) is 50.5 Å². The first-order chi connectivity index (χ1) is 14.4. The van der Waals surface area contributed by atoms with Crippen molar-refractivity contribution >= 4 is 23.1 Å². The zero-order chi connectivity index (χ0) is 22.3. The van der Waals surface area contributed by atoms with Crippen molar-refractivity contribution in [1.29, 1.82) is 0 Å². The quantitative estimate of drug-likeness (QED) is 0.564.